The molecule has 0 aromatic heterocycles. The summed E-state index contributed by atoms with van der Waals surface area (Å²) in [5, 5.41) is 12.1. The van der Waals surface area contributed by atoms with E-state index in [-0.39, 0.29) is 16.1 Å². The van der Waals surface area contributed by atoms with Crippen LogP contribution in [0.2, 0.25) is 0 Å². The van der Waals surface area contributed by atoms with Gasteiger partial charge in [-0.15, -0.1) is 0 Å². The molecule has 5 nitrogen and oxygen atoms in total. The Hall–Kier alpha value is -2.39. The Morgan fingerprint density at radius 2 is 1.58 bits per heavy atom. The molecule has 1 atom stereocenters. The molecular weight excluding hydrogens is 371 g/mol. The molecule has 0 aliphatic rings. The van der Waals surface area contributed by atoms with Crippen LogP contribution in [0, 0.1) is 0 Å². The number of sulfone groups is 1. The van der Waals surface area contributed by atoms with Gasteiger partial charge in [0.25, 0.3) is 5.91 Å². The van der Waals surface area contributed by atoms with Crippen molar-refractivity contribution in [2.75, 3.05) is 11.6 Å². The zero-order chi connectivity index (χ0) is 19.6. The Labute approximate surface area is 148 Å². The lowest BCUT2D eigenvalue weighted by molar-refractivity contribution is -0.248. The highest BCUT2D eigenvalue weighted by Gasteiger charge is 2.59. The highest BCUT2D eigenvalue weighted by molar-refractivity contribution is 7.90. The number of para-hydroxylation sites is 1. The average Bonchev–Trinajstić information content (AvgIpc) is 2.54. The Morgan fingerprint density at radius 3 is 2.04 bits per heavy atom. The number of carbonyl (C=O) groups excluding carboxylic acids is 1. The summed E-state index contributed by atoms with van der Waals surface area (Å²) in [6, 6.07) is 11.9. The van der Waals surface area contributed by atoms with Gasteiger partial charge in [0.15, 0.2) is 9.84 Å². The molecule has 1 amide bonds. The van der Waals surface area contributed by atoms with Crippen LogP contribution in [0.15, 0.2) is 59.5 Å². The van der Waals surface area contributed by atoms with E-state index in [1.54, 1.807) is 6.07 Å². The number of rotatable bonds is 5. The maximum Gasteiger partial charge on any atom is 0.426 e. The van der Waals surface area contributed by atoms with Crippen molar-refractivity contribution in [3.05, 3.63) is 60.2 Å². The largest absolute Gasteiger partial charge is 0.426 e. The van der Waals surface area contributed by atoms with Crippen molar-refractivity contribution in [3.8, 4) is 0 Å². The lowest BCUT2D eigenvalue weighted by atomic mass is 9.92. The van der Waals surface area contributed by atoms with Gasteiger partial charge in [0.05, 0.1) is 4.90 Å². The molecular formula is C17H16F3NO4S. The van der Waals surface area contributed by atoms with Crippen molar-refractivity contribution in [2.24, 2.45) is 0 Å². The predicted molar refractivity (Wildman–Crippen MR) is 89.3 cm³/mol. The molecule has 1 unspecified atom stereocenters. The second-order valence-electron chi connectivity index (χ2n) is 5.77. The topological polar surface area (TPSA) is 83.5 Å². The van der Waals surface area contributed by atoms with Crippen molar-refractivity contribution >= 4 is 21.4 Å². The first-order chi connectivity index (χ1) is 11.9. The number of halogens is 3. The molecule has 26 heavy (non-hydrogen) atoms. The van der Waals surface area contributed by atoms with E-state index in [4.69, 9.17) is 0 Å². The van der Waals surface area contributed by atoms with Crippen molar-refractivity contribution in [1.29, 1.82) is 0 Å². The van der Waals surface area contributed by atoms with E-state index < -0.39 is 33.9 Å². The highest BCUT2D eigenvalue weighted by atomic mass is 32.2. The molecule has 0 saturated carbocycles. The van der Waals surface area contributed by atoms with E-state index in [0.29, 0.717) is 0 Å². The van der Waals surface area contributed by atoms with Crippen LogP contribution in [0.25, 0.3) is 0 Å². The van der Waals surface area contributed by atoms with Crippen LogP contribution in [0.5, 0.6) is 0 Å². The average molecular weight is 387 g/mol. The monoisotopic (exact) mass is 387 g/mol. The standard InChI is InChI=1S/C17H16F3NO4S/c1-26(24,25)14-9-7-12(8-10-14)11-16(23,17(18,19)20)15(22)21-13-5-3-2-4-6-13/h2-10,23H,11H2,1H3,(H,21,22). The summed E-state index contributed by atoms with van der Waals surface area (Å²) < 4.78 is 63.0. The molecule has 140 valence electrons. The fourth-order valence-electron chi connectivity index (χ4n) is 2.22. The molecule has 0 radical (unpaired) electrons. The smallest absolute Gasteiger partial charge is 0.372 e. The maximum absolute atomic E-state index is 13.4. The van der Waals surface area contributed by atoms with Crippen LogP contribution >= 0.6 is 0 Å². The molecule has 0 aliphatic carbocycles. The van der Waals surface area contributed by atoms with Crippen molar-refractivity contribution in [3.63, 3.8) is 0 Å². The fourth-order valence-corrected chi connectivity index (χ4v) is 2.85. The normalized spacial score (nSPS) is 14.5. The number of carbonyl (C=O) groups is 1. The molecule has 0 aliphatic heterocycles. The Kier molecular flexibility index (Phi) is 5.43. The van der Waals surface area contributed by atoms with E-state index >= 15 is 0 Å². The van der Waals surface area contributed by atoms with E-state index in [9.17, 15) is 31.5 Å². The van der Waals surface area contributed by atoms with Gasteiger partial charge >= 0.3 is 6.18 Å². The van der Waals surface area contributed by atoms with Gasteiger partial charge in [-0.05, 0) is 29.8 Å². The third-order valence-electron chi connectivity index (χ3n) is 3.69. The number of aliphatic hydroxyl groups is 1. The molecule has 0 heterocycles. The maximum atomic E-state index is 13.4. The number of benzene rings is 2. The zero-order valence-corrected chi connectivity index (χ0v) is 14.4. The van der Waals surface area contributed by atoms with Crippen molar-refractivity contribution in [2.45, 2.75) is 23.1 Å². The zero-order valence-electron chi connectivity index (χ0n) is 13.6. The Balaban J connectivity index is 2.30. The minimum atomic E-state index is -5.23. The van der Waals surface area contributed by atoms with Gasteiger partial charge in [-0.3, -0.25) is 4.79 Å². The number of hydrogen-bond donors (Lipinski definition) is 2. The minimum absolute atomic E-state index is 0.0413. The summed E-state index contributed by atoms with van der Waals surface area (Å²) in [6.07, 6.45) is -5.33. The number of nitrogens with one attached hydrogen (secondary N) is 1. The summed E-state index contributed by atoms with van der Waals surface area (Å²) in [4.78, 5) is 12.1. The first-order valence-corrected chi connectivity index (χ1v) is 9.27. The molecule has 9 heteroatoms. The van der Waals surface area contributed by atoms with Gasteiger partial charge in [0, 0.05) is 18.4 Å². The quantitative estimate of drug-likeness (QED) is 0.826. The molecule has 2 N–H and O–H groups in total. The molecule has 0 fully saturated rings. The minimum Gasteiger partial charge on any atom is -0.372 e. The molecule has 0 spiro atoms. The number of hydrogen-bond acceptors (Lipinski definition) is 4. The van der Waals surface area contributed by atoms with Crippen LogP contribution in [-0.4, -0.2) is 37.5 Å². The summed E-state index contributed by atoms with van der Waals surface area (Å²) in [6.45, 7) is 0. The third-order valence-corrected chi connectivity index (χ3v) is 4.82. The summed E-state index contributed by atoms with van der Waals surface area (Å²) >= 11 is 0. The molecule has 2 rings (SSSR count). The highest BCUT2D eigenvalue weighted by Crippen LogP contribution is 2.34. The molecule has 0 bridgehead atoms. The van der Waals surface area contributed by atoms with Crippen molar-refractivity contribution < 1.29 is 31.5 Å². The molecule has 0 saturated heterocycles. The second-order valence-corrected chi connectivity index (χ2v) is 7.79. The number of anilines is 1. The van der Waals surface area contributed by atoms with Gasteiger partial charge < -0.3 is 10.4 Å². The third kappa shape index (κ3) is 4.41. The molecule has 2 aromatic rings. The van der Waals surface area contributed by atoms with Gasteiger partial charge in [-0.25, -0.2) is 8.42 Å². The van der Waals surface area contributed by atoms with Crippen LogP contribution in [0.1, 0.15) is 5.56 Å². The summed E-state index contributed by atoms with van der Waals surface area (Å²) in [5.41, 5.74) is -3.61. The predicted octanol–water partition coefficient (Wildman–Crippen LogP) is 2.56. The second kappa shape index (κ2) is 7.08. The van der Waals surface area contributed by atoms with Gasteiger partial charge in [0.2, 0.25) is 5.60 Å². The number of amides is 1. The van der Waals surface area contributed by atoms with E-state index in [1.807, 2.05) is 5.32 Å². The van der Waals surface area contributed by atoms with Gasteiger partial charge in [-0.2, -0.15) is 13.2 Å². The number of alkyl halides is 3. The SMILES string of the molecule is CS(=O)(=O)c1ccc(CC(O)(C(=O)Nc2ccccc2)C(F)(F)F)cc1. The van der Waals surface area contributed by atoms with Crippen LogP contribution in [0.3, 0.4) is 0 Å². The molecule has 2 aromatic carbocycles. The van der Waals surface area contributed by atoms with Gasteiger partial charge in [-0.1, -0.05) is 30.3 Å². The van der Waals surface area contributed by atoms with E-state index in [1.165, 1.54) is 24.3 Å². The lowest BCUT2D eigenvalue weighted by Crippen LogP contribution is -2.56. The first kappa shape index (κ1) is 19.9. The van der Waals surface area contributed by atoms with Crippen LogP contribution in [-0.2, 0) is 21.1 Å². The van der Waals surface area contributed by atoms with Gasteiger partial charge in [0.1, 0.15) is 0 Å². The first-order valence-electron chi connectivity index (χ1n) is 7.38. The van der Waals surface area contributed by atoms with E-state index in [0.717, 1.165) is 30.5 Å². The van der Waals surface area contributed by atoms with E-state index in [2.05, 4.69) is 0 Å². The Bertz CT molecular complexity index is 880. The Morgan fingerprint density at radius 1 is 1.04 bits per heavy atom. The van der Waals surface area contributed by atoms with Crippen LogP contribution in [0.4, 0.5) is 18.9 Å². The summed E-state index contributed by atoms with van der Waals surface area (Å²) in [5.74, 6) is -1.62. The van der Waals surface area contributed by atoms with Crippen LogP contribution < -0.4 is 5.32 Å². The summed E-state index contributed by atoms with van der Waals surface area (Å²) in [7, 11) is -3.51. The lowest BCUT2D eigenvalue weighted by Gasteiger charge is -2.29. The van der Waals surface area contributed by atoms with Crippen molar-refractivity contribution in [1.82, 2.24) is 0 Å². The fraction of sp³-hybridized carbons (Fsp3) is 0.235.